The number of hydrogen-bond donors (Lipinski definition) is 3. The molecule has 2 aliphatic rings. The Morgan fingerprint density at radius 2 is 1.97 bits per heavy atom. The van der Waals surface area contributed by atoms with Gasteiger partial charge in [-0.1, -0.05) is 19.9 Å². The molecule has 0 atom stereocenters. The molecule has 1 fully saturated rings. The second-order valence-corrected chi connectivity index (χ2v) is 9.23. The first kappa shape index (κ1) is 20.8. The monoisotopic (exact) mass is 408 g/mol. The Hall–Kier alpha value is -2.44. The van der Waals surface area contributed by atoms with Gasteiger partial charge in [-0.2, -0.15) is 0 Å². The average Bonchev–Trinajstić information content (AvgIpc) is 2.69. The largest absolute Gasteiger partial charge is 0.490 e. The Kier molecular flexibility index (Phi) is 5.55. The summed E-state index contributed by atoms with van der Waals surface area (Å²) >= 11 is 0. The van der Waals surface area contributed by atoms with Crippen LogP contribution in [-0.4, -0.2) is 33.8 Å². The van der Waals surface area contributed by atoms with Crippen molar-refractivity contribution >= 4 is 11.4 Å². The quantitative estimate of drug-likeness (QED) is 0.713. The molecule has 2 aliphatic carbocycles. The van der Waals surface area contributed by atoms with Crippen molar-refractivity contribution in [2.75, 3.05) is 12.3 Å². The average molecular weight is 409 g/mol. The molecule has 0 unspecified atom stereocenters. The number of allylic oxidation sites excluding steroid dienone is 1. The summed E-state index contributed by atoms with van der Waals surface area (Å²) in [7, 11) is 0. The summed E-state index contributed by atoms with van der Waals surface area (Å²) in [4.78, 5) is 8.84. The number of anilines is 1. The van der Waals surface area contributed by atoms with Crippen LogP contribution in [0.5, 0.6) is 5.75 Å². The van der Waals surface area contributed by atoms with Gasteiger partial charge in [-0.3, -0.25) is 0 Å². The smallest absolute Gasteiger partial charge is 0.131 e. The fraction of sp³-hybridized carbons (Fsp3) is 0.500. The lowest BCUT2D eigenvalue weighted by atomic mass is 9.70. The summed E-state index contributed by atoms with van der Waals surface area (Å²) in [6.45, 7) is 6.38. The maximum absolute atomic E-state index is 9.57. The highest BCUT2D eigenvalue weighted by molar-refractivity contribution is 5.83. The van der Waals surface area contributed by atoms with Gasteiger partial charge in [0, 0.05) is 22.7 Å². The lowest BCUT2D eigenvalue weighted by molar-refractivity contribution is 0.146. The first-order valence-corrected chi connectivity index (χ1v) is 10.8. The molecule has 160 valence electrons. The summed E-state index contributed by atoms with van der Waals surface area (Å²) < 4.78 is 6.51. The molecule has 0 bridgehead atoms. The molecule has 0 saturated heterocycles. The van der Waals surface area contributed by atoms with E-state index in [1.165, 1.54) is 11.9 Å². The predicted molar refractivity (Wildman–Crippen MR) is 120 cm³/mol. The van der Waals surface area contributed by atoms with Gasteiger partial charge >= 0.3 is 0 Å². The third-order valence-corrected chi connectivity index (χ3v) is 6.51. The van der Waals surface area contributed by atoms with Crippen LogP contribution in [0.2, 0.25) is 0 Å². The lowest BCUT2D eigenvalue weighted by Gasteiger charge is -2.36. The number of rotatable bonds is 4. The van der Waals surface area contributed by atoms with Gasteiger partial charge in [-0.15, -0.1) is 0 Å². The highest BCUT2D eigenvalue weighted by Crippen LogP contribution is 2.48. The summed E-state index contributed by atoms with van der Waals surface area (Å²) in [5.74, 6) is 1.41. The number of ether oxygens (including phenoxy) is 1. The van der Waals surface area contributed by atoms with Gasteiger partial charge in [0.15, 0.2) is 0 Å². The molecule has 6 heteroatoms. The number of aliphatic hydroxyl groups is 1. The number of aliphatic hydroxyl groups excluding tert-OH is 1. The van der Waals surface area contributed by atoms with Gasteiger partial charge in [-0.25, -0.2) is 9.97 Å². The number of hydrogen-bond acceptors (Lipinski definition) is 6. The van der Waals surface area contributed by atoms with Gasteiger partial charge in [-0.05, 0) is 67.7 Å². The number of nitrogens with two attached hydrogens (primary N) is 2. The first-order valence-electron chi connectivity index (χ1n) is 10.8. The minimum absolute atomic E-state index is 0.0116. The van der Waals surface area contributed by atoms with Crippen molar-refractivity contribution in [3.63, 3.8) is 0 Å². The predicted octanol–water partition coefficient (Wildman–Crippen LogP) is 3.60. The molecule has 0 aliphatic heterocycles. The van der Waals surface area contributed by atoms with E-state index in [-0.39, 0.29) is 24.2 Å². The van der Waals surface area contributed by atoms with E-state index in [4.69, 9.17) is 16.2 Å². The van der Waals surface area contributed by atoms with Crippen molar-refractivity contribution in [3.8, 4) is 17.0 Å². The fourth-order valence-electron chi connectivity index (χ4n) is 4.99. The zero-order chi connectivity index (χ0) is 21.5. The molecule has 1 aromatic heterocycles. The second-order valence-electron chi connectivity index (χ2n) is 9.23. The molecule has 6 nitrogen and oxygen atoms in total. The standard InChI is InChI=1S/C24H32N4O2/c1-14(10-11-29)20-18-12-24(2,3)21-22(27-13-28-23(21)26)17(18)8-9-19(20)30-16-6-4-15(25)5-7-16/h8-10,13,15-16,29H,4-7,11-12,25H2,1-3H3,(H2,26,27,28)/b14-10+. The summed E-state index contributed by atoms with van der Waals surface area (Å²) in [5, 5.41) is 9.57. The van der Waals surface area contributed by atoms with Crippen LogP contribution >= 0.6 is 0 Å². The van der Waals surface area contributed by atoms with Crippen molar-refractivity contribution in [3.05, 3.63) is 41.2 Å². The molecule has 30 heavy (non-hydrogen) atoms. The highest BCUT2D eigenvalue weighted by atomic mass is 16.5. The Balaban J connectivity index is 1.85. The zero-order valence-corrected chi connectivity index (χ0v) is 18.1. The van der Waals surface area contributed by atoms with Gasteiger partial charge in [0.25, 0.3) is 0 Å². The maximum Gasteiger partial charge on any atom is 0.131 e. The molecule has 5 N–H and O–H groups in total. The van der Waals surface area contributed by atoms with Crippen LogP contribution in [0.3, 0.4) is 0 Å². The van der Waals surface area contributed by atoms with Gasteiger partial charge in [0.05, 0.1) is 18.4 Å². The molecule has 0 amide bonds. The van der Waals surface area contributed by atoms with E-state index in [1.807, 2.05) is 19.1 Å². The molecular formula is C24H32N4O2. The van der Waals surface area contributed by atoms with Crippen molar-refractivity contribution in [1.29, 1.82) is 0 Å². The van der Waals surface area contributed by atoms with Crippen molar-refractivity contribution in [1.82, 2.24) is 9.97 Å². The van der Waals surface area contributed by atoms with E-state index in [0.717, 1.165) is 65.8 Å². The minimum Gasteiger partial charge on any atom is -0.490 e. The summed E-state index contributed by atoms with van der Waals surface area (Å²) in [6.07, 6.45) is 8.27. The maximum atomic E-state index is 9.57. The SMILES string of the molecule is C/C(=C\CO)c1c(OC2CCC(N)CC2)ccc2c1CC(C)(C)c1c(N)ncnc1-2. The normalized spacial score (nSPS) is 22.9. The summed E-state index contributed by atoms with van der Waals surface area (Å²) in [6, 6.07) is 4.42. The molecule has 0 spiro atoms. The Labute approximate surface area is 178 Å². The lowest BCUT2D eigenvalue weighted by Crippen LogP contribution is -2.32. The molecule has 1 heterocycles. The van der Waals surface area contributed by atoms with Crippen molar-refractivity contribution in [2.45, 2.75) is 70.4 Å². The third kappa shape index (κ3) is 3.70. The van der Waals surface area contributed by atoms with Crippen molar-refractivity contribution < 1.29 is 9.84 Å². The third-order valence-electron chi connectivity index (χ3n) is 6.51. The number of fused-ring (bicyclic) bond motifs is 3. The summed E-state index contributed by atoms with van der Waals surface area (Å²) in [5.41, 5.74) is 18.3. The van der Waals surface area contributed by atoms with Crippen LogP contribution in [-0.2, 0) is 11.8 Å². The van der Waals surface area contributed by atoms with E-state index in [1.54, 1.807) is 0 Å². The number of nitrogen functional groups attached to an aromatic ring is 1. The van der Waals surface area contributed by atoms with E-state index in [9.17, 15) is 5.11 Å². The van der Waals surface area contributed by atoms with Crippen LogP contribution in [0.15, 0.2) is 24.5 Å². The molecule has 4 rings (SSSR count). The first-order chi connectivity index (χ1) is 14.3. The van der Waals surface area contributed by atoms with E-state index in [2.05, 4.69) is 29.9 Å². The van der Waals surface area contributed by atoms with E-state index >= 15 is 0 Å². The van der Waals surface area contributed by atoms with Gasteiger partial charge in [0.1, 0.15) is 17.9 Å². The number of aromatic nitrogens is 2. The molecule has 2 aromatic rings. The Morgan fingerprint density at radius 1 is 1.23 bits per heavy atom. The van der Waals surface area contributed by atoms with Crippen LogP contribution in [0.25, 0.3) is 16.8 Å². The van der Waals surface area contributed by atoms with Crippen LogP contribution in [0, 0.1) is 0 Å². The van der Waals surface area contributed by atoms with Crippen LogP contribution < -0.4 is 16.2 Å². The molecule has 1 aromatic carbocycles. The second kappa shape index (κ2) is 8.00. The molecule has 1 saturated carbocycles. The topological polar surface area (TPSA) is 107 Å². The Bertz CT molecular complexity index is 975. The molecule has 0 radical (unpaired) electrons. The van der Waals surface area contributed by atoms with Crippen LogP contribution in [0.1, 0.15) is 63.1 Å². The highest BCUT2D eigenvalue weighted by Gasteiger charge is 2.36. The van der Waals surface area contributed by atoms with E-state index in [0.29, 0.717) is 5.82 Å². The zero-order valence-electron chi connectivity index (χ0n) is 18.1. The van der Waals surface area contributed by atoms with E-state index < -0.39 is 0 Å². The van der Waals surface area contributed by atoms with Crippen LogP contribution in [0.4, 0.5) is 5.82 Å². The Morgan fingerprint density at radius 3 is 2.67 bits per heavy atom. The number of benzene rings is 1. The van der Waals surface area contributed by atoms with Gasteiger partial charge < -0.3 is 21.3 Å². The fourth-order valence-corrected chi connectivity index (χ4v) is 4.99. The number of nitrogens with zero attached hydrogens (tertiary/aromatic N) is 2. The van der Waals surface area contributed by atoms with Gasteiger partial charge in [0.2, 0.25) is 0 Å². The minimum atomic E-state index is -0.210. The molecular weight excluding hydrogens is 376 g/mol. The van der Waals surface area contributed by atoms with Crippen molar-refractivity contribution in [2.24, 2.45) is 5.73 Å².